The highest BCUT2D eigenvalue weighted by molar-refractivity contribution is 6.33. The van der Waals surface area contributed by atoms with Gasteiger partial charge in [-0.15, -0.1) is 0 Å². The third kappa shape index (κ3) is 3.50. The van der Waals surface area contributed by atoms with Gasteiger partial charge in [-0.2, -0.15) is 4.99 Å². The van der Waals surface area contributed by atoms with Crippen molar-refractivity contribution in [2.24, 2.45) is 4.99 Å². The van der Waals surface area contributed by atoms with Gasteiger partial charge in [0.1, 0.15) is 17.3 Å². The van der Waals surface area contributed by atoms with Crippen LogP contribution in [-0.4, -0.2) is 18.9 Å². The molecular formula is C21H14ClNO4. The standard InChI is InChI=1S/C21H14ClNO4/c1-25-14-6-4-5-13(11-14)21-23-20(24)19(27-21)12-15-9-10-18(26-15)16-7-2-3-8-17(16)22/h2-12H,1H3. The monoisotopic (exact) mass is 379 g/mol. The van der Waals surface area contributed by atoms with Crippen molar-refractivity contribution in [1.29, 1.82) is 0 Å². The summed E-state index contributed by atoms with van der Waals surface area (Å²) in [7, 11) is 1.57. The molecule has 0 N–H and O–H groups in total. The van der Waals surface area contributed by atoms with Gasteiger partial charge in [-0.25, -0.2) is 0 Å². The van der Waals surface area contributed by atoms with Gasteiger partial charge in [-0.3, -0.25) is 4.79 Å². The number of carbonyl (C=O) groups is 1. The molecule has 0 aliphatic carbocycles. The minimum Gasteiger partial charge on any atom is -0.497 e. The zero-order valence-electron chi connectivity index (χ0n) is 14.3. The van der Waals surface area contributed by atoms with Gasteiger partial charge in [0.15, 0.2) is 5.76 Å². The average Bonchev–Trinajstić information content (AvgIpc) is 3.30. The van der Waals surface area contributed by atoms with Gasteiger partial charge >= 0.3 is 5.91 Å². The molecule has 4 rings (SSSR count). The smallest absolute Gasteiger partial charge is 0.316 e. The highest BCUT2D eigenvalue weighted by atomic mass is 35.5. The number of hydrogen-bond donors (Lipinski definition) is 0. The topological polar surface area (TPSA) is 61.0 Å². The molecule has 1 amide bonds. The molecule has 0 bridgehead atoms. The fraction of sp³-hybridized carbons (Fsp3) is 0.0476. The lowest BCUT2D eigenvalue weighted by Gasteiger charge is -2.04. The van der Waals surface area contributed by atoms with Gasteiger partial charge in [0.2, 0.25) is 5.90 Å². The van der Waals surface area contributed by atoms with E-state index >= 15 is 0 Å². The largest absolute Gasteiger partial charge is 0.497 e. The molecule has 0 unspecified atom stereocenters. The lowest BCUT2D eigenvalue weighted by Crippen LogP contribution is -2.00. The Morgan fingerprint density at radius 2 is 1.93 bits per heavy atom. The second-order valence-corrected chi connectivity index (χ2v) is 6.15. The van der Waals surface area contributed by atoms with Crippen LogP contribution in [0.25, 0.3) is 17.4 Å². The maximum atomic E-state index is 12.2. The van der Waals surface area contributed by atoms with Crippen LogP contribution in [0, 0.1) is 0 Å². The summed E-state index contributed by atoms with van der Waals surface area (Å²) in [6.07, 6.45) is 1.51. The zero-order chi connectivity index (χ0) is 18.8. The summed E-state index contributed by atoms with van der Waals surface area (Å²) in [6, 6.07) is 18.0. The van der Waals surface area contributed by atoms with Gasteiger partial charge in [0.05, 0.1) is 12.1 Å². The van der Waals surface area contributed by atoms with Crippen molar-refractivity contribution in [3.8, 4) is 17.1 Å². The average molecular weight is 380 g/mol. The Morgan fingerprint density at radius 1 is 1.07 bits per heavy atom. The minimum absolute atomic E-state index is 0.0906. The first-order chi connectivity index (χ1) is 13.1. The molecule has 0 atom stereocenters. The summed E-state index contributed by atoms with van der Waals surface area (Å²) in [5.74, 6) is 1.57. The second kappa shape index (κ2) is 7.13. The summed E-state index contributed by atoms with van der Waals surface area (Å²) in [5.41, 5.74) is 1.43. The molecule has 3 aromatic rings. The number of ether oxygens (including phenoxy) is 2. The predicted octanol–water partition coefficient (Wildman–Crippen LogP) is 4.95. The van der Waals surface area contributed by atoms with Gasteiger partial charge < -0.3 is 13.9 Å². The molecule has 2 aromatic carbocycles. The first kappa shape index (κ1) is 17.1. The summed E-state index contributed by atoms with van der Waals surface area (Å²) in [6.45, 7) is 0. The number of furan rings is 1. The Labute approximate surface area is 160 Å². The molecule has 0 fully saturated rings. The summed E-state index contributed by atoms with van der Waals surface area (Å²) in [4.78, 5) is 16.1. The van der Waals surface area contributed by atoms with Crippen molar-refractivity contribution in [2.75, 3.05) is 7.11 Å². The summed E-state index contributed by atoms with van der Waals surface area (Å²) < 4.78 is 16.6. The predicted molar refractivity (Wildman–Crippen MR) is 103 cm³/mol. The molecule has 0 saturated heterocycles. The van der Waals surface area contributed by atoms with Crippen LogP contribution < -0.4 is 4.74 Å². The van der Waals surface area contributed by atoms with Crippen LogP contribution in [0.1, 0.15) is 11.3 Å². The molecular weight excluding hydrogens is 366 g/mol. The third-order valence-electron chi connectivity index (χ3n) is 3.98. The molecule has 6 heteroatoms. The molecule has 1 aliphatic rings. The molecule has 0 spiro atoms. The first-order valence-corrected chi connectivity index (χ1v) is 8.53. The first-order valence-electron chi connectivity index (χ1n) is 8.16. The lowest BCUT2D eigenvalue weighted by atomic mass is 10.2. The SMILES string of the molecule is COc1cccc(C2=NC(=O)C(=Cc3ccc(-c4ccccc4Cl)o3)O2)c1. The highest BCUT2D eigenvalue weighted by Gasteiger charge is 2.25. The van der Waals surface area contributed by atoms with Crippen LogP contribution in [-0.2, 0) is 9.53 Å². The number of methoxy groups -OCH3 is 1. The van der Waals surface area contributed by atoms with Crippen molar-refractivity contribution < 1.29 is 18.7 Å². The van der Waals surface area contributed by atoms with Crippen LogP contribution in [0.15, 0.2) is 75.8 Å². The van der Waals surface area contributed by atoms with Gasteiger partial charge in [0, 0.05) is 17.2 Å². The molecule has 5 nitrogen and oxygen atoms in total. The second-order valence-electron chi connectivity index (χ2n) is 5.75. The van der Waals surface area contributed by atoms with E-state index in [4.69, 9.17) is 25.5 Å². The van der Waals surface area contributed by atoms with Crippen molar-refractivity contribution in [3.05, 3.63) is 82.8 Å². The summed E-state index contributed by atoms with van der Waals surface area (Å²) in [5, 5.41) is 0.586. The van der Waals surface area contributed by atoms with Crippen molar-refractivity contribution >= 4 is 29.5 Å². The third-order valence-corrected chi connectivity index (χ3v) is 4.31. The Balaban J connectivity index is 1.58. The number of amides is 1. The number of carbonyl (C=O) groups excluding carboxylic acids is 1. The number of rotatable bonds is 4. The van der Waals surface area contributed by atoms with E-state index in [0.717, 1.165) is 5.56 Å². The molecule has 1 aliphatic heterocycles. The molecule has 0 saturated carbocycles. The number of halogens is 1. The number of hydrogen-bond acceptors (Lipinski definition) is 4. The zero-order valence-corrected chi connectivity index (χ0v) is 15.1. The molecule has 0 radical (unpaired) electrons. The lowest BCUT2D eigenvalue weighted by molar-refractivity contribution is -0.115. The molecule has 2 heterocycles. The summed E-state index contributed by atoms with van der Waals surface area (Å²) >= 11 is 6.19. The Hall–Kier alpha value is -3.31. The van der Waals surface area contributed by atoms with E-state index < -0.39 is 5.91 Å². The Kier molecular flexibility index (Phi) is 4.52. The maximum Gasteiger partial charge on any atom is 0.316 e. The van der Waals surface area contributed by atoms with Crippen LogP contribution in [0.2, 0.25) is 5.02 Å². The van der Waals surface area contributed by atoms with Crippen LogP contribution in [0.3, 0.4) is 0 Å². The van der Waals surface area contributed by atoms with Gasteiger partial charge in [-0.1, -0.05) is 29.8 Å². The van der Waals surface area contributed by atoms with E-state index in [-0.39, 0.29) is 11.7 Å². The molecule has 1 aromatic heterocycles. The highest BCUT2D eigenvalue weighted by Crippen LogP contribution is 2.30. The van der Waals surface area contributed by atoms with E-state index in [0.29, 0.717) is 27.9 Å². The van der Waals surface area contributed by atoms with Crippen molar-refractivity contribution in [2.45, 2.75) is 0 Å². The number of benzene rings is 2. The van der Waals surface area contributed by atoms with Crippen molar-refractivity contribution in [3.63, 3.8) is 0 Å². The van der Waals surface area contributed by atoms with E-state index in [9.17, 15) is 4.79 Å². The molecule has 27 heavy (non-hydrogen) atoms. The van der Waals surface area contributed by atoms with Gasteiger partial charge in [0.25, 0.3) is 0 Å². The van der Waals surface area contributed by atoms with E-state index in [2.05, 4.69) is 4.99 Å². The maximum absolute atomic E-state index is 12.2. The minimum atomic E-state index is -0.469. The van der Waals surface area contributed by atoms with E-state index in [1.54, 1.807) is 49.6 Å². The van der Waals surface area contributed by atoms with Crippen molar-refractivity contribution in [1.82, 2.24) is 0 Å². The number of nitrogens with zero attached hydrogens (tertiary/aromatic N) is 1. The Bertz CT molecular complexity index is 1080. The van der Waals surface area contributed by atoms with Crippen LogP contribution >= 0.6 is 11.6 Å². The molecule has 134 valence electrons. The fourth-order valence-electron chi connectivity index (χ4n) is 2.65. The normalized spacial score (nSPS) is 15.0. The quantitative estimate of drug-likeness (QED) is 0.601. The van der Waals surface area contributed by atoms with E-state index in [1.807, 2.05) is 18.2 Å². The van der Waals surface area contributed by atoms with Crippen LogP contribution in [0.5, 0.6) is 5.75 Å². The van der Waals surface area contributed by atoms with Crippen LogP contribution in [0.4, 0.5) is 0 Å². The number of aliphatic imine (C=N–C) groups is 1. The van der Waals surface area contributed by atoms with Gasteiger partial charge in [-0.05, 0) is 42.5 Å². The Morgan fingerprint density at radius 3 is 2.74 bits per heavy atom. The fourth-order valence-corrected chi connectivity index (χ4v) is 2.88. The van der Waals surface area contributed by atoms with E-state index in [1.165, 1.54) is 6.08 Å².